The van der Waals surface area contributed by atoms with Crippen LogP contribution in [-0.4, -0.2) is 6.03 Å². The molecule has 1 rings (SSSR count). The van der Waals surface area contributed by atoms with Crippen molar-refractivity contribution in [2.24, 2.45) is 0 Å². The molecule has 0 saturated heterocycles. The lowest BCUT2D eigenvalue weighted by molar-refractivity contribution is 1.69. The van der Waals surface area contributed by atoms with Gasteiger partial charge < -0.3 is 0 Å². The lowest BCUT2D eigenvalue weighted by atomic mass is 10.4. The van der Waals surface area contributed by atoms with Gasteiger partial charge in [-0.2, -0.15) is 0 Å². The van der Waals surface area contributed by atoms with Crippen LogP contribution in [0.1, 0.15) is 6.92 Å². The molecule has 0 aromatic rings. The van der Waals surface area contributed by atoms with E-state index in [0.717, 1.165) is 0 Å². The summed E-state index contributed by atoms with van der Waals surface area (Å²) in [4.78, 5) is 0. The number of hydrogen-bond donors (Lipinski definition) is 0. The summed E-state index contributed by atoms with van der Waals surface area (Å²) in [6.07, 6.45) is 0. The molecule has 1 aliphatic heterocycles. The minimum absolute atomic E-state index is 0.405. The van der Waals surface area contributed by atoms with Gasteiger partial charge in [0.05, 0.1) is 0 Å². The summed E-state index contributed by atoms with van der Waals surface area (Å²) in [6.45, 7) is 2.20. The Morgan fingerprint density at radius 2 is 2.29 bits per heavy atom. The lowest BCUT2D eigenvalue weighted by Crippen LogP contribution is -1.70. The average molecular weight is 320 g/mol. The molecule has 0 fully saturated rings. The van der Waals surface area contributed by atoms with Gasteiger partial charge in [-0.3, -0.25) is 0 Å². The highest BCUT2D eigenvalue weighted by atomic mass is 127. The molecule has 0 saturated carbocycles. The van der Waals surface area contributed by atoms with E-state index in [9.17, 15) is 0 Å². The summed E-state index contributed by atoms with van der Waals surface area (Å²) in [6, 6.07) is 0. The third-order valence-corrected chi connectivity index (χ3v) is 7.44. The van der Waals surface area contributed by atoms with Crippen molar-refractivity contribution in [2.45, 2.75) is 6.92 Å². The Balaban J connectivity index is 2.82. The van der Waals surface area contributed by atoms with E-state index in [-0.39, 0.29) is 0 Å². The highest BCUT2D eigenvalue weighted by molar-refractivity contribution is 14.3. The second-order valence-corrected chi connectivity index (χ2v) is 7.61. The van der Waals surface area contributed by atoms with Gasteiger partial charge in [0.25, 0.3) is 0 Å². The number of hydrogen-bond acceptors (Lipinski definition) is 0. The zero-order valence-electron chi connectivity index (χ0n) is 3.99. The van der Waals surface area contributed by atoms with Gasteiger partial charge >= 0.3 is 0 Å². The van der Waals surface area contributed by atoms with Crippen LogP contribution in [0.5, 0.6) is 0 Å². The van der Waals surface area contributed by atoms with E-state index in [2.05, 4.69) is 17.0 Å². The van der Waals surface area contributed by atoms with E-state index in [4.69, 9.17) is 0 Å². The first-order valence-electron chi connectivity index (χ1n) is 1.95. The average Bonchev–Trinajstić information content (AvgIpc) is 1.69. The molecule has 0 N–H and O–H groups in total. The number of rotatable bonds is 0. The topological polar surface area (TPSA) is 0 Å². The van der Waals surface area contributed by atoms with Crippen LogP contribution in [0.25, 0.3) is 0 Å². The first-order valence-corrected chi connectivity index (χ1v) is 6.93. The van der Waals surface area contributed by atoms with Crippen LogP contribution >= 0.6 is 41.5 Å². The maximum Gasteiger partial charge on any atom is 0.00470 e. The molecular formula is C5H6I2. The SMILES string of the molecule is CC1=CI=CI=C1. The zero-order chi connectivity index (χ0) is 5.11. The second-order valence-electron chi connectivity index (χ2n) is 1.30. The van der Waals surface area contributed by atoms with E-state index in [0.29, 0.717) is 41.5 Å². The molecule has 0 atom stereocenters. The Morgan fingerprint density at radius 3 is 2.57 bits per heavy atom. The van der Waals surface area contributed by atoms with E-state index in [1.54, 1.807) is 0 Å². The fourth-order valence-electron chi connectivity index (χ4n) is 0.298. The van der Waals surface area contributed by atoms with Crippen LogP contribution in [0, 0.1) is 0 Å². The van der Waals surface area contributed by atoms with E-state index < -0.39 is 0 Å². The van der Waals surface area contributed by atoms with Crippen molar-refractivity contribution < 1.29 is 0 Å². The maximum absolute atomic E-state index is 2.49. The Kier molecular flexibility index (Phi) is 2.65. The Bertz CT molecular complexity index is 142. The van der Waals surface area contributed by atoms with Crippen molar-refractivity contribution >= 4 is 47.5 Å². The van der Waals surface area contributed by atoms with Crippen LogP contribution in [-0.2, 0) is 0 Å². The standard InChI is InChI=1S/C5H6I2/c1-5-2-6-4-7-3-5/h2-4H,1H3. The molecule has 7 heavy (non-hydrogen) atoms. The van der Waals surface area contributed by atoms with Crippen molar-refractivity contribution in [3.05, 3.63) is 9.66 Å². The van der Waals surface area contributed by atoms with Crippen LogP contribution in [0.2, 0.25) is 0 Å². The predicted octanol–water partition coefficient (Wildman–Crippen LogP) is 2.41. The van der Waals surface area contributed by atoms with Crippen molar-refractivity contribution in [3.8, 4) is 0 Å². The first-order chi connectivity index (χ1) is 3.39. The molecule has 0 aliphatic carbocycles. The molecule has 2 heteroatoms. The summed E-state index contributed by atoms with van der Waals surface area (Å²) in [7, 11) is 0. The normalized spacial score (nSPS) is 19.3. The molecule has 1 heterocycles. The number of halogens is 2. The van der Waals surface area contributed by atoms with Gasteiger partial charge in [-0.15, -0.1) is 0 Å². The third-order valence-electron chi connectivity index (χ3n) is 0.565. The van der Waals surface area contributed by atoms with Crippen molar-refractivity contribution in [3.63, 3.8) is 0 Å². The molecule has 0 bridgehead atoms. The van der Waals surface area contributed by atoms with Gasteiger partial charge in [0.15, 0.2) is 0 Å². The van der Waals surface area contributed by atoms with Gasteiger partial charge in [0, 0.05) is 2.02 Å². The van der Waals surface area contributed by atoms with Gasteiger partial charge in [0.2, 0.25) is 0 Å². The van der Waals surface area contributed by atoms with Gasteiger partial charge in [-0.05, 0) is 20.6 Å². The van der Waals surface area contributed by atoms with Crippen molar-refractivity contribution in [1.82, 2.24) is 0 Å². The smallest absolute Gasteiger partial charge is 0.00470 e. The summed E-state index contributed by atoms with van der Waals surface area (Å²) in [5, 5.41) is 0. The van der Waals surface area contributed by atoms with Crippen molar-refractivity contribution in [1.29, 1.82) is 0 Å². The Labute approximate surface area is 63.5 Å². The molecule has 1 aliphatic rings. The highest BCUT2D eigenvalue weighted by Gasteiger charge is 1.80. The molecule has 0 aromatic carbocycles. The first kappa shape index (κ1) is 6.07. The molecule has 0 nitrogen and oxygen atoms in total. The highest BCUT2D eigenvalue weighted by Crippen LogP contribution is 2.13. The summed E-state index contributed by atoms with van der Waals surface area (Å²) >= 11 is 0.810. The largest absolute Gasteiger partial charge is 0.0871 e. The molecule has 0 amide bonds. The second kappa shape index (κ2) is 3.06. The van der Waals surface area contributed by atoms with Crippen LogP contribution in [0.15, 0.2) is 9.66 Å². The van der Waals surface area contributed by atoms with E-state index in [1.807, 2.05) is 0 Å². The van der Waals surface area contributed by atoms with Gasteiger partial charge in [0.1, 0.15) is 0 Å². The Hall–Kier alpha value is 0.940. The molecule has 40 valence electrons. The minimum atomic E-state index is 0.405. The monoisotopic (exact) mass is 320 g/mol. The maximum atomic E-state index is 2.49. The van der Waals surface area contributed by atoms with Crippen LogP contribution in [0.4, 0.5) is 0 Å². The summed E-state index contributed by atoms with van der Waals surface area (Å²) in [5.74, 6) is 0. The number of allylic oxidation sites excluding steroid dienone is 1. The van der Waals surface area contributed by atoms with Crippen LogP contribution < -0.4 is 0 Å². The predicted molar refractivity (Wildman–Crippen MR) is 53.9 cm³/mol. The molecule has 0 radical (unpaired) electrons. The minimum Gasteiger partial charge on any atom is -0.0871 e. The Morgan fingerprint density at radius 1 is 1.43 bits per heavy atom. The van der Waals surface area contributed by atoms with Crippen LogP contribution in [0.3, 0.4) is 0 Å². The zero-order valence-corrected chi connectivity index (χ0v) is 8.30. The van der Waals surface area contributed by atoms with Crippen molar-refractivity contribution in [2.75, 3.05) is 0 Å². The van der Waals surface area contributed by atoms with E-state index >= 15 is 0 Å². The summed E-state index contributed by atoms with van der Waals surface area (Å²) in [5.41, 5.74) is 1.53. The molecule has 0 spiro atoms. The third kappa shape index (κ3) is 2.12. The fraction of sp³-hybridized carbons (Fsp3) is 0.200. The lowest BCUT2D eigenvalue weighted by Gasteiger charge is -1.87. The molecule has 0 unspecified atom stereocenters. The molecular weight excluding hydrogens is 314 g/mol. The van der Waals surface area contributed by atoms with Gasteiger partial charge in [-0.1, -0.05) is 41.5 Å². The summed E-state index contributed by atoms with van der Waals surface area (Å²) < 4.78 is 7.24. The quantitative estimate of drug-likeness (QED) is 0.602. The van der Waals surface area contributed by atoms with Gasteiger partial charge in [-0.25, -0.2) is 0 Å². The fourth-order valence-corrected chi connectivity index (χ4v) is 5.78. The molecule has 0 aromatic heterocycles. The van der Waals surface area contributed by atoms with E-state index in [1.165, 1.54) is 5.57 Å².